The van der Waals surface area contributed by atoms with Gasteiger partial charge in [-0.15, -0.1) is 0 Å². The number of allylic oxidation sites excluding steroid dienone is 1. The highest BCUT2D eigenvalue weighted by molar-refractivity contribution is 5.49. The fourth-order valence-electron chi connectivity index (χ4n) is 3.06. The number of aliphatic hydroxyl groups is 2. The monoisotopic (exact) mass is 291 g/mol. The van der Waals surface area contributed by atoms with Gasteiger partial charge in [0, 0.05) is 5.92 Å². The Morgan fingerprint density at radius 2 is 1.73 bits per heavy atom. The molecular weight excluding hydrogens is 274 g/mol. The minimum Gasteiger partial charge on any atom is -0.508 e. The number of aliphatic hydroxyl groups excluding tert-OH is 1. The van der Waals surface area contributed by atoms with Crippen LogP contribution >= 0.6 is 0 Å². The van der Waals surface area contributed by atoms with E-state index < -0.39 is 5.60 Å². The molecule has 0 heterocycles. The first kappa shape index (κ1) is 14.4. The molecule has 3 rings (SSSR count). The van der Waals surface area contributed by atoms with E-state index in [0.717, 1.165) is 11.1 Å². The molecule has 2 aromatic carbocycles. The van der Waals surface area contributed by atoms with Crippen LogP contribution in [-0.4, -0.2) is 10.2 Å². The van der Waals surface area contributed by atoms with Crippen molar-refractivity contribution in [3.63, 3.8) is 0 Å². The van der Waals surface area contributed by atoms with Crippen molar-refractivity contribution in [1.82, 2.24) is 0 Å². The Labute approximate surface area is 129 Å². The third-order valence-corrected chi connectivity index (χ3v) is 4.35. The number of benzene rings is 2. The Morgan fingerprint density at radius 3 is 2.32 bits per heavy atom. The second kappa shape index (κ2) is 5.32. The maximum absolute atomic E-state index is 11.0. The van der Waals surface area contributed by atoms with E-state index in [1.54, 1.807) is 12.1 Å². The van der Waals surface area contributed by atoms with E-state index >= 15 is 0 Å². The first-order chi connectivity index (χ1) is 10.6. The molecule has 1 aliphatic rings. The molecule has 2 atom stereocenters. The molecular formula is C19H17NO2. The van der Waals surface area contributed by atoms with Gasteiger partial charge in [-0.3, -0.25) is 0 Å². The second-order valence-electron chi connectivity index (χ2n) is 5.77. The Hall–Kier alpha value is -2.57. The van der Waals surface area contributed by atoms with Crippen LogP contribution in [0.3, 0.4) is 0 Å². The van der Waals surface area contributed by atoms with Crippen LogP contribution in [0.25, 0.3) is 0 Å². The SMILES string of the molecule is Cc1ccc(C2CC(O)(c3ccccc3)C(O)=C2C#N)cc1. The second-order valence-corrected chi connectivity index (χ2v) is 5.77. The summed E-state index contributed by atoms with van der Waals surface area (Å²) in [6.45, 7) is 2.00. The molecule has 0 aliphatic heterocycles. The van der Waals surface area contributed by atoms with Crippen molar-refractivity contribution in [1.29, 1.82) is 5.26 Å². The molecule has 3 heteroatoms. The summed E-state index contributed by atoms with van der Waals surface area (Å²) in [4.78, 5) is 0. The summed E-state index contributed by atoms with van der Waals surface area (Å²) in [6.07, 6.45) is 0.273. The predicted molar refractivity (Wildman–Crippen MR) is 84.1 cm³/mol. The molecule has 0 spiro atoms. The highest BCUT2D eigenvalue weighted by Gasteiger charge is 2.47. The van der Waals surface area contributed by atoms with Gasteiger partial charge in [-0.05, 0) is 24.5 Å². The molecule has 22 heavy (non-hydrogen) atoms. The minimum absolute atomic E-state index is 0.230. The lowest BCUT2D eigenvalue weighted by Crippen LogP contribution is -2.25. The molecule has 0 aromatic heterocycles. The maximum Gasteiger partial charge on any atom is 0.148 e. The topological polar surface area (TPSA) is 64.2 Å². The lowest BCUT2D eigenvalue weighted by Gasteiger charge is -2.24. The van der Waals surface area contributed by atoms with Gasteiger partial charge in [0.15, 0.2) is 0 Å². The number of hydrogen-bond donors (Lipinski definition) is 2. The first-order valence-electron chi connectivity index (χ1n) is 7.24. The van der Waals surface area contributed by atoms with E-state index in [0.29, 0.717) is 5.56 Å². The van der Waals surface area contributed by atoms with Gasteiger partial charge in [0.1, 0.15) is 11.4 Å². The molecule has 2 N–H and O–H groups in total. The summed E-state index contributed by atoms with van der Waals surface area (Å²) in [5.74, 6) is -0.525. The van der Waals surface area contributed by atoms with Crippen LogP contribution in [0.2, 0.25) is 0 Å². The van der Waals surface area contributed by atoms with Crippen molar-refractivity contribution in [2.75, 3.05) is 0 Å². The zero-order valence-corrected chi connectivity index (χ0v) is 12.3. The third-order valence-electron chi connectivity index (χ3n) is 4.35. The van der Waals surface area contributed by atoms with Gasteiger partial charge in [0.2, 0.25) is 0 Å². The van der Waals surface area contributed by atoms with Crippen LogP contribution in [0.5, 0.6) is 0 Å². The standard InChI is InChI=1S/C19H17NO2/c1-13-7-9-14(10-8-13)16-11-19(22,18(21)17(16)12-20)15-5-3-2-4-6-15/h2-10,16,21-22H,11H2,1H3. The summed E-state index contributed by atoms with van der Waals surface area (Å²) in [7, 11) is 0. The average molecular weight is 291 g/mol. The van der Waals surface area contributed by atoms with E-state index in [2.05, 4.69) is 6.07 Å². The molecule has 0 radical (unpaired) electrons. The largest absolute Gasteiger partial charge is 0.508 e. The van der Waals surface area contributed by atoms with Crippen LogP contribution < -0.4 is 0 Å². The summed E-state index contributed by atoms with van der Waals surface area (Å²) >= 11 is 0. The highest BCUT2D eigenvalue weighted by Crippen LogP contribution is 2.49. The Balaban J connectivity index is 2.07. The molecule has 0 amide bonds. The van der Waals surface area contributed by atoms with E-state index in [1.807, 2.05) is 49.4 Å². The zero-order chi connectivity index (χ0) is 15.7. The Bertz CT molecular complexity index is 756. The average Bonchev–Trinajstić information content (AvgIpc) is 2.81. The van der Waals surface area contributed by atoms with E-state index in [9.17, 15) is 15.5 Å². The van der Waals surface area contributed by atoms with Gasteiger partial charge >= 0.3 is 0 Å². The van der Waals surface area contributed by atoms with Gasteiger partial charge < -0.3 is 10.2 Å². The van der Waals surface area contributed by atoms with Crippen LogP contribution in [0.1, 0.15) is 29.0 Å². The third kappa shape index (κ3) is 2.18. The van der Waals surface area contributed by atoms with Crippen LogP contribution in [-0.2, 0) is 5.60 Å². The molecule has 0 bridgehead atoms. The van der Waals surface area contributed by atoms with Crippen molar-refractivity contribution in [2.45, 2.75) is 24.9 Å². The van der Waals surface area contributed by atoms with E-state index in [-0.39, 0.29) is 23.7 Å². The summed E-state index contributed by atoms with van der Waals surface area (Å²) < 4.78 is 0. The summed E-state index contributed by atoms with van der Waals surface area (Å²) in [5, 5.41) is 30.8. The quantitative estimate of drug-likeness (QED) is 0.886. The number of rotatable bonds is 2. The number of hydrogen-bond acceptors (Lipinski definition) is 3. The lowest BCUT2D eigenvalue weighted by atomic mass is 9.86. The van der Waals surface area contributed by atoms with E-state index in [1.165, 1.54) is 0 Å². The number of aryl methyl sites for hydroxylation is 1. The van der Waals surface area contributed by atoms with Crippen LogP contribution in [0, 0.1) is 18.3 Å². The fraction of sp³-hybridized carbons (Fsp3) is 0.211. The molecule has 2 aromatic rings. The predicted octanol–water partition coefficient (Wildman–Crippen LogP) is 3.71. The molecule has 1 aliphatic carbocycles. The highest BCUT2D eigenvalue weighted by atomic mass is 16.3. The van der Waals surface area contributed by atoms with Gasteiger partial charge in [-0.2, -0.15) is 5.26 Å². The molecule has 0 saturated heterocycles. The molecule has 0 fully saturated rings. The van der Waals surface area contributed by atoms with Crippen molar-refractivity contribution >= 4 is 0 Å². The fourth-order valence-corrected chi connectivity index (χ4v) is 3.06. The van der Waals surface area contributed by atoms with Crippen LogP contribution in [0.4, 0.5) is 0 Å². The van der Waals surface area contributed by atoms with Gasteiger partial charge in [0.25, 0.3) is 0 Å². The molecule has 0 saturated carbocycles. The number of nitrogens with zero attached hydrogens (tertiary/aromatic N) is 1. The van der Waals surface area contributed by atoms with Gasteiger partial charge in [-0.25, -0.2) is 0 Å². The smallest absolute Gasteiger partial charge is 0.148 e. The zero-order valence-electron chi connectivity index (χ0n) is 12.3. The molecule has 110 valence electrons. The Morgan fingerprint density at radius 1 is 1.09 bits per heavy atom. The summed E-state index contributed by atoms with van der Waals surface area (Å²) in [5.41, 5.74) is 1.42. The number of nitriles is 1. The molecule has 3 nitrogen and oxygen atoms in total. The maximum atomic E-state index is 11.0. The lowest BCUT2D eigenvalue weighted by molar-refractivity contribution is 0.0337. The van der Waals surface area contributed by atoms with Gasteiger partial charge in [-0.1, -0.05) is 60.2 Å². The molecule has 2 unspecified atom stereocenters. The van der Waals surface area contributed by atoms with Crippen molar-refractivity contribution < 1.29 is 10.2 Å². The van der Waals surface area contributed by atoms with Crippen molar-refractivity contribution in [2.24, 2.45) is 0 Å². The Kier molecular flexibility index (Phi) is 3.48. The minimum atomic E-state index is -1.50. The summed E-state index contributed by atoms with van der Waals surface area (Å²) in [6, 6.07) is 18.9. The van der Waals surface area contributed by atoms with Gasteiger partial charge in [0.05, 0.1) is 11.6 Å². The van der Waals surface area contributed by atoms with Crippen molar-refractivity contribution in [3.8, 4) is 6.07 Å². The van der Waals surface area contributed by atoms with Crippen molar-refractivity contribution in [3.05, 3.63) is 82.6 Å². The van der Waals surface area contributed by atoms with E-state index in [4.69, 9.17) is 0 Å². The first-order valence-corrected chi connectivity index (χ1v) is 7.24. The van der Waals surface area contributed by atoms with Crippen LogP contribution in [0.15, 0.2) is 65.9 Å². The normalized spacial score (nSPS) is 24.3.